The van der Waals surface area contributed by atoms with Gasteiger partial charge in [-0.2, -0.15) is 0 Å². The lowest BCUT2D eigenvalue weighted by Gasteiger charge is -2.14. The van der Waals surface area contributed by atoms with Crippen molar-refractivity contribution in [3.8, 4) is 28.3 Å². The third-order valence-electron chi connectivity index (χ3n) is 4.90. The third-order valence-corrected chi connectivity index (χ3v) is 6.19. The van der Waals surface area contributed by atoms with Gasteiger partial charge in [-0.1, -0.05) is 12.1 Å². The number of nitrogens with one attached hydrogen (secondary N) is 1. The van der Waals surface area contributed by atoms with Gasteiger partial charge in [0.15, 0.2) is 11.6 Å². The first kappa shape index (κ1) is 22.1. The summed E-state index contributed by atoms with van der Waals surface area (Å²) in [5.41, 5.74) is 13.1. The maximum Gasteiger partial charge on any atom is 0.232 e. The van der Waals surface area contributed by atoms with E-state index in [0.29, 0.717) is 27.8 Å². The number of fused-ring (bicyclic) bond motifs is 1. The fourth-order valence-electron chi connectivity index (χ4n) is 3.19. The summed E-state index contributed by atoms with van der Waals surface area (Å²) in [7, 11) is -2.21. The Labute approximate surface area is 188 Å². The van der Waals surface area contributed by atoms with E-state index >= 15 is 4.39 Å². The topological polar surface area (TPSA) is 159 Å². The van der Waals surface area contributed by atoms with Gasteiger partial charge in [0.05, 0.1) is 24.1 Å². The molecule has 0 atom stereocenters. The number of halogens is 1. The molecular formula is C21H20FN7O3S. The fourth-order valence-corrected chi connectivity index (χ4v) is 3.83. The van der Waals surface area contributed by atoms with Crippen LogP contribution in [0.4, 0.5) is 21.8 Å². The van der Waals surface area contributed by atoms with Crippen LogP contribution in [0.5, 0.6) is 5.75 Å². The van der Waals surface area contributed by atoms with Crippen LogP contribution in [0.25, 0.3) is 33.4 Å². The highest BCUT2D eigenvalue weighted by molar-refractivity contribution is 7.92. The molecule has 0 fully saturated rings. The van der Waals surface area contributed by atoms with Gasteiger partial charge >= 0.3 is 0 Å². The summed E-state index contributed by atoms with van der Waals surface area (Å²) < 4.78 is 46.8. The van der Waals surface area contributed by atoms with Gasteiger partial charge in [-0.25, -0.2) is 32.7 Å². The highest BCUT2D eigenvalue weighted by Crippen LogP contribution is 2.37. The first-order valence-electron chi connectivity index (χ1n) is 9.75. The average Bonchev–Trinajstić information content (AvgIpc) is 2.80. The zero-order valence-electron chi connectivity index (χ0n) is 17.7. The zero-order chi connectivity index (χ0) is 23.8. The molecule has 0 bridgehead atoms. The van der Waals surface area contributed by atoms with E-state index in [-0.39, 0.29) is 34.6 Å². The fraction of sp³-hybridized carbons (Fsp3) is 0.143. The Morgan fingerprint density at radius 3 is 2.48 bits per heavy atom. The normalized spacial score (nSPS) is 11.5. The Morgan fingerprint density at radius 2 is 1.82 bits per heavy atom. The number of ether oxygens (including phenoxy) is 1. The number of sulfonamides is 1. The minimum Gasteiger partial charge on any atom is -0.494 e. The Balaban J connectivity index is 1.87. The molecule has 5 N–H and O–H groups in total. The first-order chi connectivity index (χ1) is 15.7. The van der Waals surface area contributed by atoms with Gasteiger partial charge in [0.2, 0.25) is 16.0 Å². The molecule has 0 saturated heterocycles. The van der Waals surface area contributed by atoms with Crippen LogP contribution in [0.1, 0.15) is 6.92 Å². The number of methoxy groups -OCH3 is 1. The van der Waals surface area contributed by atoms with Crippen LogP contribution in [0.15, 0.2) is 42.7 Å². The number of nitrogens with zero attached hydrogens (tertiary/aromatic N) is 4. The van der Waals surface area contributed by atoms with Crippen LogP contribution in [0.3, 0.4) is 0 Å². The van der Waals surface area contributed by atoms with E-state index in [1.54, 1.807) is 18.2 Å². The van der Waals surface area contributed by atoms with E-state index in [4.69, 9.17) is 16.2 Å². The van der Waals surface area contributed by atoms with Crippen molar-refractivity contribution in [1.29, 1.82) is 0 Å². The molecule has 4 aromatic rings. The maximum atomic E-state index is 15.2. The van der Waals surface area contributed by atoms with Gasteiger partial charge in [0.1, 0.15) is 17.1 Å². The van der Waals surface area contributed by atoms with Crippen LogP contribution in [-0.4, -0.2) is 41.2 Å². The molecule has 2 aromatic heterocycles. The van der Waals surface area contributed by atoms with Crippen molar-refractivity contribution in [2.45, 2.75) is 6.92 Å². The highest BCUT2D eigenvalue weighted by Gasteiger charge is 2.18. The van der Waals surface area contributed by atoms with E-state index in [1.807, 2.05) is 0 Å². The van der Waals surface area contributed by atoms with Crippen molar-refractivity contribution < 1.29 is 17.5 Å². The van der Waals surface area contributed by atoms with E-state index in [2.05, 4.69) is 24.7 Å². The maximum absolute atomic E-state index is 15.2. The first-order valence-corrected chi connectivity index (χ1v) is 11.4. The largest absolute Gasteiger partial charge is 0.494 e. The lowest BCUT2D eigenvalue weighted by Crippen LogP contribution is -2.15. The zero-order valence-corrected chi connectivity index (χ0v) is 18.5. The molecule has 170 valence electrons. The molecule has 4 rings (SSSR count). The van der Waals surface area contributed by atoms with Crippen molar-refractivity contribution >= 4 is 38.4 Å². The van der Waals surface area contributed by atoms with Crippen LogP contribution in [0, 0.1) is 5.82 Å². The Morgan fingerprint density at radius 1 is 1.09 bits per heavy atom. The SMILES string of the molecule is CCS(=O)(=O)Nc1cccc(-c2cc(OC)c3nc(-c4cnc(N)nc4)nc(N)c3c2)c1F. The second-order valence-electron chi connectivity index (χ2n) is 7.01. The summed E-state index contributed by atoms with van der Waals surface area (Å²) in [4.78, 5) is 16.7. The van der Waals surface area contributed by atoms with Gasteiger partial charge in [-0.05, 0) is 30.7 Å². The lowest BCUT2D eigenvalue weighted by atomic mass is 10.0. The van der Waals surface area contributed by atoms with Crippen LogP contribution < -0.4 is 20.9 Å². The number of aromatic nitrogens is 4. The van der Waals surface area contributed by atoms with Gasteiger partial charge in [0, 0.05) is 23.3 Å². The van der Waals surface area contributed by atoms with Gasteiger partial charge in [-0.3, -0.25) is 4.72 Å². The van der Waals surface area contributed by atoms with Crippen LogP contribution in [0.2, 0.25) is 0 Å². The predicted molar refractivity (Wildman–Crippen MR) is 124 cm³/mol. The number of hydrogen-bond acceptors (Lipinski definition) is 9. The molecule has 0 aliphatic carbocycles. The minimum atomic E-state index is -3.65. The minimum absolute atomic E-state index is 0.111. The molecule has 0 radical (unpaired) electrons. The molecular weight excluding hydrogens is 449 g/mol. The van der Waals surface area contributed by atoms with E-state index < -0.39 is 15.8 Å². The van der Waals surface area contributed by atoms with Gasteiger partial charge < -0.3 is 16.2 Å². The molecule has 33 heavy (non-hydrogen) atoms. The number of nitrogen functional groups attached to an aromatic ring is 2. The summed E-state index contributed by atoms with van der Waals surface area (Å²) in [5.74, 6) is -0.0710. The standard InChI is InChI=1S/C21H20FN7O3S/c1-3-33(30,31)29-15-6-4-5-13(17(15)22)11-7-14-18(16(8-11)32-2)27-20(28-19(14)23)12-9-25-21(24)26-10-12/h4-10,29H,3H2,1-2H3,(H2,23,27,28)(H2,24,25,26). The summed E-state index contributed by atoms with van der Waals surface area (Å²) in [6.45, 7) is 1.46. The number of benzene rings is 2. The van der Waals surface area contributed by atoms with Crippen molar-refractivity contribution in [3.05, 3.63) is 48.5 Å². The summed E-state index contributed by atoms with van der Waals surface area (Å²) in [6.07, 6.45) is 2.95. The van der Waals surface area contributed by atoms with Crippen LogP contribution >= 0.6 is 0 Å². The van der Waals surface area contributed by atoms with Crippen molar-refractivity contribution in [3.63, 3.8) is 0 Å². The summed E-state index contributed by atoms with van der Waals surface area (Å²) in [6, 6.07) is 7.63. The quantitative estimate of drug-likeness (QED) is 0.386. The molecule has 12 heteroatoms. The number of hydrogen-bond donors (Lipinski definition) is 3. The van der Waals surface area contributed by atoms with Crippen molar-refractivity contribution in [2.24, 2.45) is 0 Å². The summed E-state index contributed by atoms with van der Waals surface area (Å²) >= 11 is 0. The average molecular weight is 470 g/mol. The van der Waals surface area contributed by atoms with E-state index in [9.17, 15) is 8.42 Å². The number of nitrogens with two attached hydrogens (primary N) is 2. The molecule has 0 saturated carbocycles. The number of anilines is 3. The predicted octanol–water partition coefficient (Wildman–Crippen LogP) is 2.83. The highest BCUT2D eigenvalue weighted by atomic mass is 32.2. The molecule has 0 aliphatic rings. The molecule has 10 nitrogen and oxygen atoms in total. The number of rotatable bonds is 6. The van der Waals surface area contributed by atoms with E-state index in [1.165, 1.54) is 38.6 Å². The molecule has 0 amide bonds. The Kier molecular flexibility index (Phi) is 5.68. The van der Waals surface area contributed by atoms with Crippen molar-refractivity contribution in [2.75, 3.05) is 29.1 Å². The van der Waals surface area contributed by atoms with E-state index in [0.717, 1.165) is 0 Å². The molecule has 2 aromatic carbocycles. The Hall–Kier alpha value is -4.06. The molecule has 2 heterocycles. The molecule has 0 spiro atoms. The second kappa shape index (κ2) is 8.47. The lowest BCUT2D eigenvalue weighted by molar-refractivity contribution is 0.419. The van der Waals surface area contributed by atoms with Gasteiger partial charge in [-0.15, -0.1) is 0 Å². The van der Waals surface area contributed by atoms with Crippen molar-refractivity contribution in [1.82, 2.24) is 19.9 Å². The monoisotopic (exact) mass is 469 g/mol. The van der Waals surface area contributed by atoms with Gasteiger partial charge in [0.25, 0.3) is 0 Å². The molecule has 0 unspecified atom stereocenters. The molecule has 0 aliphatic heterocycles. The smallest absolute Gasteiger partial charge is 0.232 e. The third kappa shape index (κ3) is 4.32. The summed E-state index contributed by atoms with van der Waals surface area (Å²) in [5, 5.41) is 0.434. The Bertz CT molecular complexity index is 1460. The van der Waals surface area contributed by atoms with Crippen LogP contribution in [-0.2, 0) is 10.0 Å². The second-order valence-corrected chi connectivity index (χ2v) is 9.02.